The van der Waals surface area contributed by atoms with E-state index < -0.39 is 49.5 Å². The topological polar surface area (TPSA) is 149 Å². The Morgan fingerprint density at radius 2 is 0.960 bits per heavy atom. The SMILES string of the molecule is CCCCCCCCCCCCCCCCCCCCCCCCCCCCCCC(O)C(COC1OC(CO)C(O)C(O)C1O)NC(C)=O. The number of unbranched alkanes of at least 4 members (excludes halogenated alkanes) is 27. The maximum atomic E-state index is 11.7. The number of amides is 1. The molecule has 7 atom stereocenters. The van der Waals surface area contributed by atoms with E-state index in [1.165, 1.54) is 167 Å². The standard InChI is InChI=1S/C41H81NO8/c1-3-4-5-6-7-8-9-10-11-12-13-14-15-16-17-18-19-20-21-22-23-24-25-26-27-28-29-30-31-36(45)35(42-34(2)44)33-49-41-40(48)39(47)38(46)37(32-43)50-41/h35-41,43,45-48H,3-33H2,1-2H3,(H,42,44). The second-order valence-corrected chi connectivity index (χ2v) is 15.2. The molecule has 1 fully saturated rings. The van der Waals surface area contributed by atoms with Gasteiger partial charge in [0.05, 0.1) is 25.4 Å². The quantitative estimate of drug-likeness (QED) is 0.0362. The zero-order chi connectivity index (χ0) is 36.7. The summed E-state index contributed by atoms with van der Waals surface area (Å²) in [6, 6.07) is -0.714. The van der Waals surface area contributed by atoms with Crippen molar-refractivity contribution < 1.29 is 39.8 Å². The molecule has 0 spiro atoms. The molecule has 50 heavy (non-hydrogen) atoms. The molecular weight excluding hydrogens is 634 g/mol. The van der Waals surface area contributed by atoms with Crippen molar-refractivity contribution in [3.63, 3.8) is 0 Å². The lowest BCUT2D eigenvalue weighted by Gasteiger charge is -2.40. The van der Waals surface area contributed by atoms with Crippen LogP contribution in [0.3, 0.4) is 0 Å². The second kappa shape index (κ2) is 32.8. The molecule has 9 heteroatoms. The Labute approximate surface area is 306 Å². The third-order valence-corrected chi connectivity index (χ3v) is 10.5. The summed E-state index contributed by atoms with van der Waals surface area (Å²) in [6.07, 6.45) is 30.6. The van der Waals surface area contributed by atoms with Gasteiger partial charge in [-0.15, -0.1) is 0 Å². The zero-order valence-corrected chi connectivity index (χ0v) is 32.4. The number of aliphatic hydroxyl groups excluding tert-OH is 5. The zero-order valence-electron chi connectivity index (χ0n) is 32.4. The van der Waals surface area contributed by atoms with Crippen molar-refractivity contribution in [3.05, 3.63) is 0 Å². The largest absolute Gasteiger partial charge is 0.394 e. The predicted molar refractivity (Wildman–Crippen MR) is 203 cm³/mol. The van der Waals surface area contributed by atoms with Gasteiger partial charge in [0.1, 0.15) is 24.4 Å². The molecule has 0 saturated carbocycles. The third kappa shape index (κ3) is 24.4. The molecule has 7 unspecified atom stereocenters. The molecule has 298 valence electrons. The first kappa shape index (κ1) is 47.2. The fourth-order valence-electron chi connectivity index (χ4n) is 7.14. The summed E-state index contributed by atoms with van der Waals surface area (Å²) in [5.41, 5.74) is 0. The molecule has 9 nitrogen and oxygen atoms in total. The lowest BCUT2D eigenvalue weighted by Crippen LogP contribution is -2.60. The molecule has 1 heterocycles. The van der Waals surface area contributed by atoms with Gasteiger partial charge in [-0.25, -0.2) is 0 Å². The van der Waals surface area contributed by atoms with Crippen molar-refractivity contribution in [2.75, 3.05) is 13.2 Å². The normalized spacial score (nSPS) is 22.1. The van der Waals surface area contributed by atoms with E-state index in [0.717, 1.165) is 19.3 Å². The Bertz CT molecular complexity index is 756. The minimum Gasteiger partial charge on any atom is -0.394 e. The summed E-state index contributed by atoms with van der Waals surface area (Å²) >= 11 is 0. The Morgan fingerprint density at radius 3 is 1.30 bits per heavy atom. The maximum Gasteiger partial charge on any atom is 0.217 e. The van der Waals surface area contributed by atoms with Crippen molar-refractivity contribution in [1.82, 2.24) is 5.32 Å². The van der Waals surface area contributed by atoms with Crippen LogP contribution in [-0.2, 0) is 14.3 Å². The molecule has 1 rings (SSSR count). The van der Waals surface area contributed by atoms with Gasteiger partial charge >= 0.3 is 0 Å². The second-order valence-electron chi connectivity index (χ2n) is 15.2. The highest BCUT2D eigenvalue weighted by Gasteiger charge is 2.44. The summed E-state index contributed by atoms with van der Waals surface area (Å²) in [7, 11) is 0. The highest BCUT2D eigenvalue weighted by molar-refractivity contribution is 5.73. The van der Waals surface area contributed by atoms with Crippen molar-refractivity contribution in [2.24, 2.45) is 0 Å². The molecule has 0 radical (unpaired) electrons. The Morgan fingerprint density at radius 1 is 0.600 bits per heavy atom. The number of ether oxygens (including phenoxy) is 2. The minimum atomic E-state index is -1.54. The number of hydrogen-bond acceptors (Lipinski definition) is 8. The van der Waals surface area contributed by atoms with Crippen LogP contribution < -0.4 is 5.32 Å². The van der Waals surface area contributed by atoms with Gasteiger partial charge < -0.3 is 40.3 Å². The van der Waals surface area contributed by atoms with Crippen LogP contribution in [0.5, 0.6) is 0 Å². The van der Waals surface area contributed by atoms with Crippen LogP contribution in [0, 0.1) is 0 Å². The van der Waals surface area contributed by atoms with Gasteiger partial charge in [-0.1, -0.05) is 187 Å². The molecule has 1 saturated heterocycles. The molecule has 0 aliphatic carbocycles. The first-order valence-electron chi connectivity index (χ1n) is 21.2. The van der Waals surface area contributed by atoms with E-state index in [9.17, 15) is 30.3 Å². The first-order chi connectivity index (χ1) is 24.3. The molecule has 0 aromatic heterocycles. The average molecular weight is 716 g/mol. The van der Waals surface area contributed by atoms with Crippen LogP contribution in [0.1, 0.15) is 200 Å². The highest BCUT2D eigenvalue weighted by atomic mass is 16.7. The van der Waals surface area contributed by atoms with E-state index in [0.29, 0.717) is 6.42 Å². The van der Waals surface area contributed by atoms with Crippen molar-refractivity contribution in [3.8, 4) is 0 Å². The Kier molecular flexibility index (Phi) is 31.0. The minimum absolute atomic E-state index is 0.150. The number of nitrogens with one attached hydrogen (secondary N) is 1. The molecule has 1 amide bonds. The lowest BCUT2D eigenvalue weighted by atomic mass is 9.99. The fraction of sp³-hybridized carbons (Fsp3) is 0.976. The molecule has 1 aliphatic rings. The molecule has 6 N–H and O–H groups in total. The van der Waals surface area contributed by atoms with Gasteiger partial charge in [-0.2, -0.15) is 0 Å². The number of carbonyl (C=O) groups excluding carboxylic acids is 1. The third-order valence-electron chi connectivity index (χ3n) is 10.5. The van der Waals surface area contributed by atoms with Gasteiger partial charge in [0, 0.05) is 6.92 Å². The molecule has 0 aromatic rings. The van der Waals surface area contributed by atoms with Gasteiger partial charge in [0.2, 0.25) is 5.91 Å². The van der Waals surface area contributed by atoms with E-state index in [2.05, 4.69) is 12.2 Å². The van der Waals surface area contributed by atoms with Gasteiger partial charge in [0.25, 0.3) is 0 Å². The number of carbonyl (C=O) groups is 1. The van der Waals surface area contributed by atoms with Gasteiger partial charge in [-0.05, 0) is 6.42 Å². The lowest BCUT2D eigenvalue weighted by molar-refractivity contribution is -0.302. The van der Waals surface area contributed by atoms with Crippen LogP contribution in [0.4, 0.5) is 0 Å². The van der Waals surface area contributed by atoms with E-state index in [4.69, 9.17) is 9.47 Å². The Hall–Kier alpha value is -0.810. The molecular formula is C41H81NO8. The molecule has 0 aromatic carbocycles. The molecule has 1 aliphatic heterocycles. The average Bonchev–Trinajstić information content (AvgIpc) is 3.10. The van der Waals surface area contributed by atoms with Crippen molar-refractivity contribution in [2.45, 2.75) is 243 Å². The summed E-state index contributed by atoms with van der Waals surface area (Å²) < 4.78 is 10.9. The monoisotopic (exact) mass is 716 g/mol. The van der Waals surface area contributed by atoms with Crippen LogP contribution in [0.15, 0.2) is 0 Å². The summed E-state index contributed by atoms with van der Waals surface area (Å²) in [5.74, 6) is -0.318. The Balaban J connectivity index is 1.90. The number of aliphatic hydroxyl groups is 5. The van der Waals surface area contributed by atoms with Crippen LogP contribution in [-0.4, -0.2) is 87.5 Å². The number of rotatable bonds is 35. The van der Waals surface area contributed by atoms with E-state index >= 15 is 0 Å². The molecule has 0 bridgehead atoms. The summed E-state index contributed by atoms with van der Waals surface area (Å²) in [4.78, 5) is 11.7. The highest BCUT2D eigenvalue weighted by Crippen LogP contribution is 2.23. The van der Waals surface area contributed by atoms with Gasteiger partial charge in [0.15, 0.2) is 6.29 Å². The van der Waals surface area contributed by atoms with E-state index in [1.54, 1.807) is 0 Å². The van der Waals surface area contributed by atoms with E-state index in [-0.39, 0.29) is 12.5 Å². The summed E-state index contributed by atoms with van der Waals surface area (Å²) in [6.45, 7) is 2.94. The van der Waals surface area contributed by atoms with Crippen molar-refractivity contribution in [1.29, 1.82) is 0 Å². The van der Waals surface area contributed by atoms with Crippen LogP contribution in [0.25, 0.3) is 0 Å². The maximum absolute atomic E-state index is 11.7. The van der Waals surface area contributed by atoms with Crippen molar-refractivity contribution >= 4 is 5.91 Å². The van der Waals surface area contributed by atoms with Gasteiger partial charge in [-0.3, -0.25) is 4.79 Å². The summed E-state index contributed by atoms with van der Waals surface area (Å²) in [5, 5.41) is 52.8. The van der Waals surface area contributed by atoms with Crippen LogP contribution in [0.2, 0.25) is 0 Å². The van der Waals surface area contributed by atoms with Crippen LogP contribution >= 0.6 is 0 Å². The fourth-order valence-corrected chi connectivity index (χ4v) is 7.14. The first-order valence-corrected chi connectivity index (χ1v) is 21.2. The predicted octanol–water partition coefficient (Wildman–Crippen LogP) is 8.00. The smallest absolute Gasteiger partial charge is 0.217 e. The van der Waals surface area contributed by atoms with E-state index in [1.807, 2.05) is 0 Å². The number of hydrogen-bond donors (Lipinski definition) is 6.